The number of carbonyl (C=O) groups is 2. The predicted octanol–water partition coefficient (Wildman–Crippen LogP) is 2.21. The molecule has 0 radical (unpaired) electrons. The van der Waals surface area contributed by atoms with Crippen LogP contribution in [0.5, 0.6) is 5.75 Å². The van der Waals surface area contributed by atoms with E-state index in [1.165, 1.54) is 31.1 Å². The van der Waals surface area contributed by atoms with Gasteiger partial charge >= 0.3 is 0 Å². The summed E-state index contributed by atoms with van der Waals surface area (Å²) in [6, 6.07) is 13.1. The lowest BCUT2D eigenvalue weighted by Gasteiger charge is -2.22. The maximum atomic E-state index is 12.8. The third-order valence-corrected chi connectivity index (χ3v) is 5.11. The molecule has 0 saturated carbocycles. The van der Waals surface area contributed by atoms with Gasteiger partial charge in [-0.25, -0.2) is 12.7 Å². The Balaban J connectivity index is 2.36. The van der Waals surface area contributed by atoms with Crippen LogP contribution in [0.1, 0.15) is 12.5 Å². The van der Waals surface area contributed by atoms with Crippen molar-refractivity contribution in [3.8, 4) is 5.75 Å². The van der Waals surface area contributed by atoms with Crippen molar-refractivity contribution in [2.24, 2.45) is 0 Å². The predicted molar refractivity (Wildman–Crippen MR) is 105 cm³/mol. The van der Waals surface area contributed by atoms with Gasteiger partial charge in [0.2, 0.25) is 21.8 Å². The summed E-state index contributed by atoms with van der Waals surface area (Å²) < 4.78 is 30.5. The van der Waals surface area contributed by atoms with Gasteiger partial charge < -0.3 is 9.64 Å². The van der Waals surface area contributed by atoms with Crippen molar-refractivity contribution in [1.29, 1.82) is 0 Å². The van der Waals surface area contributed by atoms with Gasteiger partial charge in [-0.05, 0) is 30.3 Å². The molecule has 0 unspecified atom stereocenters. The minimum Gasteiger partial charge on any atom is -0.496 e. The number of hydrogen-bond acceptors (Lipinski definition) is 5. The number of carbonyl (C=O) groups excluding carboxylic acids is 2. The Bertz CT molecular complexity index is 939. The van der Waals surface area contributed by atoms with Crippen LogP contribution in [0.3, 0.4) is 0 Å². The minimum atomic E-state index is -3.84. The highest BCUT2D eigenvalue weighted by molar-refractivity contribution is 7.92. The van der Waals surface area contributed by atoms with Gasteiger partial charge in [-0.15, -0.1) is 0 Å². The third-order valence-electron chi connectivity index (χ3n) is 4.04. The summed E-state index contributed by atoms with van der Waals surface area (Å²) in [6.07, 6.45) is 0.842. The summed E-state index contributed by atoms with van der Waals surface area (Å²) in [6.45, 7) is 1.42. The van der Waals surface area contributed by atoms with Gasteiger partial charge in [0.1, 0.15) is 5.75 Å². The Morgan fingerprint density at radius 3 is 2.07 bits per heavy atom. The second kappa shape index (κ2) is 8.22. The SMILES string of the molecule is COc1ccccc1CC(=O)N(c1ccc(N(C)C(C)=O)cc1)S(C)(=O)=O. The summed E-state index contributed by atoms with van der Waals surface area (Å²) in [5, 5.41) is 0. The standard InChI is InChI=1S/C19H22N2O5S/c1-14(22)20(2)16-9-11-17(12-10-16)21(27(4,24)25)19(23)13-15-7-5-6-8-18(15)26-3/h5-12H,13H2,1-4H3. The van der Waals surface area contributed by atoms with Crippen molar-refractivity contribution in [2.75, 3.05) is 29.6 Å². The Morgan fingerprint density at radius 1 is 1.00 bits per heavy atom. The van der Waals surface area contributed by atoms with Gasteiger partial charge in [-0.1, -0.05) is 18.2 Å². The van der Waals surface area contributed by atoms with Crippen LogP contribution in [-0.2, 0) is 26.0 Å². The lowest BCUT2D eigenvalue weighted by molar-refractivity contribution is -0.117. The van der Waals surface area contributed by atoms with E-state index in [4.69, 9.17) is 4.74 Å². The first-order valence-electron chi connectivity index (χ1n) is 8.14. The van der Waals surface area contributed by atoms with Gasteiger partial charge in [0.15, 0.2) is 0 Å². The Morgan fingerprint density at radius 2 is 1.56 bits per heavy atom. The molecule has 0 heterocycles. The van der Waals surface area contributed by atoms with E-state index in [1.807, 2.05) is 0 Å². The molecule has 0 N–H and O–H groups in total. The largest absolute Gasteiger partial charge is 0.496 e. The number of methoxy groups -OCH3 is 1. The quantitative estimate of drug-likeness (QED) is 0.755. The molecule has 8 heteroatoms. The third kappa shape index (κ3) is 4.85. The molecule has 0 aliphatic carbocycles. The van der Waals surface area contributed by atoms with Crippen LogP contribution in [0.25, 0.3) is 0 Å². The lowest BCUT2D eigenvalue weighted by atomic mass is 10.1. The number of rotatable bonds is 6. The molecule has 27 heavy (non-hydrogen) atoms. The molecule has 2 rings (SSSR count). The van der Waals surface area contributed by atoms with Crippen molar-refractivity contribution in [2.45, 2.75) is 13.3 Å². The summed E-state index contributed by atoms with van der Waals surface area (Å²) in [4.78, 5) is 25.7. The Hall–Kier alpha value is -2.87. The zero-order valence-electron chi connectivity index (χ0n) is 15.7. The van der Waals surface area contributed by atoms with Gasteiger partial charge in [0, 0.05) is 25.2 Å². The number of benzene rings is 2. The first-order valence-corrected chi connectivity index (χ1v) is 9.99. The second-order valence-corrected chi connectivity index (χ2v) is 7.84. The molecular formula is C19H22N2O5S. The van der Waals surface area contributed by atoms with E-state index in [2.05, 4.69) is 0 Å². The van der Waals surface area contributed by atoms with E-state index in [0.717, 1.165) is 10.6 Å². The van der Waals surface area contributed by atoms with E-state index >= 15 is 0 Å². The summed E-state index contributed by atoms with van der Waals surface area (Å²) in [5.41, 5.74) is 1.39. The second-order valence-electron chi connectivity index (χ2n) is 6.00. The monoisotopic (exact) mass is 390 g/mol. The van der Waals surface area contributed by atoms with Crippen molar-refractivity contribution in [3.63, 3.8) is 0 Å². The molecule has 0 aromatic heterocycles. The number of nitrogens with zero attached hydrogens (tertiary/aromatic N) is 2. The van der Waals surface area contributed by atoms with Crippen molar-refractivity contribution < 1.29 is 22.7 Å². The average Bonchev–Trinajstić information content (AvgIpc) is 2.61. The zero-order valence-corrected chi connectivity index (χ0v) is 16.5. The minimum absolute atomic E-state index is 0.133. The van der Waals surface area contributed by atoms with E-state index in [1.54, 1.807) is 43.4 Å². The van der Waals surface area contributed by atoms with E-state index < -0.39 is 15.9 Å². The van der Waals surface area contributed by atoms with Crippen molar-refractivity contribution in [1.82, 2.24) is 0 Å². The van der Waals surface area contributed by atoms with Crippen LogP contribution >= 0.6 is 0 Å². The van der Waals surface area contributed by atoms with Crippen molar-refractivity contribution in [3.05, 3.63) is 54.1 Å². The summed E-state index contributed by atoms with van der Waals surface area (Å²) in [5.74, 6) is -0.248. The highest BCUT2D eigenvalue weighted by Crippen LogP contribution is 2.25. The molecule has 7 nitrogen and oxygen atoms in total. The smallest absolute Gasteiger partial charge is 0.245 e. The molecule has 0 aliphatic heterocycles. The number of hydrogen-bond donors (Lipinski definition) is 0. The molecule has 0 fully saturated rings. The number of amides is 2. The van der Waals surface area contributed by atoms with Gasteiger partial charge in [0.25, 0.3) is 0 Å². The molecular weight excluding hydrogens is 368 g/mol. The maximum absolute atomic E-state index is 12.8. The molecule has 0 bridgehead atoms. The highest BCUT2D eigenvalue weighted by atomic mass is 32.2. The number of sulfonamides is 1. The average molecular weight is 390 g/mol. The molecule has 144 valence electrons. The summed E-state index contributed by atoms with van der Waals surface area (Å²) in [7, 11) is -0.746. The Kier molecular flexibility index (Phi) is 6.22. The number of para-hydroxylation sites is 1. The van der Waals surface area contributed by atoms with Crippen LogP contribution in [0.2, 0.25) is 0 Å². The summed E-state index contributed by atoms with van der Waals surface area (Å²) >= 11 is 0. The fourth-order valence-corrected chi connectivity index (χ4v) is 3.54. The van der Waals surface area contributed by atoms with E-state index in [9.17, 15) is 18.0 Å². The van der Waals surface area contributed by atoms with E-state index in [0.29, 0.717) is 17.0 Å². The van der Waals surface area contributed by atoms with Gasteiger partial charge in [-0.3, -0.25) is 9.59 Å². The fraction of sp³-hybridized carbons (Fsp3) is 0.263. The zero-order chi connectivity index (χ0) is 20.2. The number of anilines is 2. The maximum Gasteiger partial charge on any atom is 0.245 e. The molecule has 2 aromatic rings. The fourth-order valence-electron chi connectivity index (χ4n) is 2.60. The van der Waals surface area contributed by atoms with E-state index in [-0.39, 0.29) is 18.0 Å². The van der Waals surface area contributed by atoms with Crippen LogP contribution in [0, 0.1) is 0 Å². The molecule has 0 aliphatic rings. The highest BCUT2D eigenvalue weighted by Gasteiger charge is 2.26. The molecule has 2 amide bonds. The van der Waals surface area contributed by atoms with Crippen LogP contribution in [-0.4, -0.2) is 40.6 Å². The van der Waals surface area contributed by atoms with Crippen molar-refractivity contribution >= 4 is 33.2 Å². The van der Waals surface area contributed by atoms with Gasteiger partial charge in [-0.2, -0.15) is 0 Å². The van der Waals surface area contributed by atoms with Gasteiger partial charge in [0.05, 0.1) is 25.5 Å². The molecule has 0 atom stereocenters. The first kappa shape index (κ1) is 20.4. The normalized spacial score (nSPS) is 11.0. The molecule has 0 spiro atoms. The molecule has 0 saturated heterocycles. The number of ether oxygens (including phenoxy) is 1. The molecule has 2 aromatic carbocycles. The van der Waals surface area contributed by atoms with Crippen LogP contribution in [0.15, 0.2) is 48.5 Å². The van der Waals surface area contributed by atoms with Crippen LogP contribution < -0.4 is 13.9 Å². The Labute approximate surface area is 159 Å². The topological polar surface area (TPSA) is 84.0 Å². The first-order chi connectivity index (χ1) is 12.6. The van der Waals surface area contributed by atoms with Crippen LogP contribution in [0.4, 0.5) is 11.4 Å². The lowest BCUT2D eigenvalue weighted by Crippen LogP contribution is -2.37.